The van der Waals surface area contributed by atoms with Gasteiger partial charge >= 0.3 is 0 Å². The summed E-state index contributed by atoms with van der Waals surface area (Å²) < 4.78 is 5.78. The van der Waals surface area contributed by atoms with Crippen molar-refractivity contribution in [3.05, 3.63) is 44.8 Å². The quantitative estimate of drug-likeness (QED) is 0.776. The molecule has 1 aromatic heterocycles. The van der Waals surface area contributed by atoms with E-state index >= 15 is 0 Å². The van der Waals surface area contributed by atoms with E-state index in [0.717, 1.165) is 43.9 Å². The van der Waals surface area contributed by atoms with E-state index in [4.69, 9.17) is 27.9 Å². The van der Waals surface area contributed by atoms with E-state index in [1.165, 1.54) is 11.8 Å². The lowest BCUT2D eigenvalue weighted by Gasteiger charge is -2.38. The number of aromatic nitrogens is 2. The maximum absolute atomic E-state index is 12.5. The second kappa shape index (κ2) is 7.66. The number of H-pyrrole nitrogens is 1. The summed E-state index contributed by atoms with van der Waals surface area (Å²) in [6.07, 6.45) is 5.22. The third-order valence-electron chi connectivity index (χ3n) is 5.41. The first kappa shape index (κ1) is 19.1. The first-order chi connectivity index (χ1) is 13.0. The molecule has 0 unspecified atom stereocenters. The number of nitrogens with one attached hydrogen (secondary N) is 1. The summed E-state index contributed by atoms with van der Waals surface area (Å²) >= 11 is 13.5. The molecule has 0 radical (unpaired) electrons. The van der Waals surface area contributed by atoms with E-state index in [-0.39, 0.29) is 5.56 Å². The summed E-state index contributed by atoms with van der Waals surface area (Å²) in [7, 11) is 0. The van der Waals surface area contributed by atoms with Crippen molar-refractivity contribution in [1.82, 2.24) is 9.97 Å². The first-order valence-electron chi connectivity index (χ1n) is 9.04. The van der Waals surface area contributed by atoms with Crippen LogP contribution >= 0.6 is 35.0 Å². The Morgan fingerprint density at radius 3 is 2.74 bits per heavy atom. The Kier molecular flexibility index (Phi) is 5.43. The highest BCUT2D eigenvalue weighted by Gasteiger charge is 2.41. The molecule has 27 heavy (non-hydrogen) atoms. The van der Waals surface area contributed by atoms with E-state index in [1.54, 1.807) is 12.3 Å². The standard InChI is InChI=1S/C19H21Cl2N3O2S/c1-12-9-19(11-26-12)5-7-24(8-6-19)18-22-10-15(17(25)23-18)27-14-4-2-3-13(20)16(14)21/h2-4,10,12H,5-9,11H2,1H3,(H,22,23,25)/t12-/m0/s1. The van der Waals surface area contributed by atoms with Gasteiger partial charge in [-0.15, -0.1) is 0 Å². The van der Waals surface area contributed by atoms with Gasteiger partial charge in [-0.1, -0.05) is 41.0 Å². The lowest BCUT2D eigenvalue weighted by atomic mass is 9.77. The number of halogens is 2. The minimum Gasteiger partial charge on any atom is -0.378 e. The molecule has 0 amide bonds. The summed E-state index contributed by atoms with van der Waals surface area (Å²) in [6, 6.07) is 5.36. The third kappa shape index (κ3) is 3.99. The van der Waals surface area contributed by atoms with Gasteiger partial charge in [0.05, 0.1) is 33.8 Å². The van der Waals surface area contributed by atoms with Gasteiger partial charge in [-0.2, -0.15) is 0 Å². The van der Waals surface area contributed by atoms with Crippen LogP contribution in [-0.2, 0) is 4.74 Å². The van der Waals surface area contributed by atoms with Crippen LogP contribution in [-0.4, -0.2) is 35.8 Å². The molecule has 2 saturated heterocycles. The van der Waals surface area contributed by atoms with Gasteiger partial charge < -0.3 is 9.64 Å². The smallest absolute Gasteiger partial charge is 0.266 e. The molecule has 1 aromatic carbocycles. The van der Waals surface area contributed by atoms with Crippen molar-refractivity contribution in [3.63, 3.8) is 0 Å². The fourth-order valence-electron chi connectivity index (χ4n) is 3.88. The van der Waals surface area contributed by atoms with Crippen molar-refractivity contribution in [2.24, 2.45) is 5.41 Å². The van der Waals surface area contributed by atoms with Crippen molar-refractivity contribution in [3.8, 4) is 0 Å². The Morgan fingerprint density at radius 1 is 1.30 bits per heavy atom. The van der Waals surface area contributed by atoms with E-state index in [1.807, 2.05) is 12.1 Å². The molecular formula is C19H21Cl2N3O2S. The SMILES string of the molecule is C[C@H]1CC2(CCN(c3ncc(Sc4cccc(Cl)c4Cl)c(=O)[nH]3)CC2)CO1. The lowest BCUT2D eigenvalue weighted by Crippen LogP contribution is -2.41. The van der Waals surface area contributed by atoms with Gasteiger partial charge in [0.15, 0.2) is 0 Å². The minimum absolute atomic E-state index is 0.167. The second-order valence-corrected chi connectivity index (χ2v) is 9.24. The van der Waals surface area contributed by atoms with Crippen molar-refractivity contribution >= 4 is 40.9 Å². The van der Waals surface area contributed by atoms with Crippen LogP contribution in [0.25, 0.3) is 0 Å². The molecule has 4 rings (SSSR count). The average molecular weight is 426 g/mol. The number of piperidine rings is 1. The fraction of sp³-hybridized carbons (Fsp3) is 0.474. The molecule has 3 heterocycles. The van der Waals surface area contributed by atoms with Crippen LogP contribution in [0.3, 0.4) is 0 Å². The highest BCUT2D eigenvalue weighted by molar-refractivity contribution is 7.99. The second-order valence-electron chi connectivity index (χ2n) is 7.37. The summed E-state index contributed by atoms with van der Waals surface area (Å²) in [6.45, 7) is 4.75. The van der Waals surface area contributed by atoms with Crippen LogP contribution in [0.15, 0.2) is 39.0 Å². The maximum Gasteiger partial charge on any atom is 0.266 e. The van der Waals surface area contributed by atoms with Crippen LogP contribution in [0.4, 0.5) is 5.95 Å². The van der Waals surface area contributed by atoms with Gasteiger partial charge in [-0.05, 0) is 43.7 Å². The summed E-state index contributed by atoms with van der Waals surface area (Å²) in [4.78, 5) is 23.3. The zero-order chi connectivity index (χ0) is 19.0. The molecule has 1 spiro atoms. The summed E-state index contributed by atoms with van der Waals surface area (Å²) in [5, 5.41) is 0.914. The molecular weight excluding hydrogens is 405 g/mol. The molecule has 144 valence electrons. The monoisotopic (exact) mass is 425 g/mol. The highest BCUT2D eigenvalue weighted by Crippen LogP contribution is 2.42. The minimum atomic E-state index is -0.167. The van der Waals surface area contributed by atoms with Crippen molar-refractivity contribution in [1.29, 1.82) is 0 Å². The maximum atomic E-state index is 12.5. The number of aromatic amines is 1. The van der Waals surface area contributed by atoms with Crippen LogP contribution in [0, 0.1) is 5.41 Å². The molecule has 2 aromatic rings. The summed E-state index contributed by atoms with van der Waals surface area (Å²) in [5.41, 5.74) is 0.133. The largest absolute Gasteiger partial charge is 0.378 e. The Morgan fingerprint density at radius 2 is 2.07 bits per heavy atom. The molecule has 0 bridgehead atoms. The van der Waals surface area contributed by atoms with Crippen LogP contribution in [0.1, 0.15) is 26.2 Å². The zero-order valence-corrected chi connectivity index (χ0v) is 17.3. The van der Waals surface area contributed by atoms with Crippen molar-refractivity contribution < 1.29 is 4.74 Å². The Balaban J connectivity index is 1.46. The predicted octanol–water partition coefficient (Wildman–Crippen LogP) is 4.62. The van der Waals surface area contributed by atoms with Crippen molar-refractivity contribution in [2.45, 2.75) is 42.1 Å². The molecule has 2 aliphatic heterocycles. The van der Waals surface area contributed by atoms with Crippen LogP contribution < -0.4 is 10.5 Å². The molecule has 0 saturated carbocycles. The number of nitrogens with zero attached hydrogens (tertiary/aromatic N) is 2. The van der Waals surface area contributed by atoms with E-state index in [0.29, 0.717) is 32.4 Å². The normalized spacial score (nSPS) is 21.7. The number of hydrogen-bond donors (Lipinski definition) is 1. The van der Waals surface area contributed by atoms with Gasteiger partial charge in [0.1, 0.15) is 0 Å². The molecule has 0 aliphatic carbocycles. The molecule has 5 nitrogen and oxygen atoms in total. The average Bonchev–Trinajstić information content (AvgIpc) is 3.01. The van der Waals surface area contributed by atoms with Gasteiger partial charge in [0, 0.05) is 18.0 Å². The topological polar surface area (TPSA) is 58.2 Å². The first-order valence-corrected chi connectivity index (χ1v) is 10.6. The Labute approximate surface area is 172 Å². The zero-order valence-electron chi connectivity index (χ0n) is 15.0. The van der Waals surface area contributed by atoms with Gasteiger partial charge in [-0.25, -0.2) is 4.98 Å². The molecule has 8 heteroatoms. The fourth-order valence-corrected chi connectivity index (χ4v) is 5.18. The van der Waals surface area contributed by atoms with E-state index in [2.05, 4.69) is 21.8 Å². The number of hydrogen-bond acceptors (Lipinski definition) is 5. The number of rotatable bonds is 3. The van der Waals surface area contributed by atoms with E-state index < -0.39 is 0 Å². The summed E-state index contributed by atoms with van der Waals surface area (Å²) in [5.74, 6) is 0.628. The highest BCUT2D eigenvalue weighted by atomic mass is 35.5. The Bertz CT molecular complexity index is 897. The Hall–Kier alpha value is -1.21. The van der Waals surface area contributed by atoms with Crippen molar-refractivity contribution in [2.75, 3.05) is 24.6 Å². The third-order valence-corrected chi connectivity index (χ3v) is 7.41. The van der Waals surface area contributed by atoms with Gasteiger partial charge in [-0.3, -0.25) is 9.78 Å². The number of benzene rings is 1. The van der Waals surface area contributed by atoms with Gasteiger partial charge in [0.25, 0.3) is 5.56 Å². The predicted molar refractivity (Wildman–Crippen MR) is 109 cm³/mol. The lowest BCUT2D eigenvalue weighted by molar-refractivity contribution is 0.0975. The van der Waals surface area contributed by atoms with Crippen LogP contribution in [0.5, 0.6) is 0 Å². The number of anilines is 1. The molecule has 2 aliphatic rings. The molecule has 1 atom stereocenters. The molecule has 1 N–H and O–H groups in total. The number of ether oxygens (including phenoxy) is 1. The van der Waals surface area contributed by atoms with Crippen LogP contribution in [0.2, 0.25) is 10.0 Å². The van der Waals surface area contributed by atoms with Gasteiger partial charge in [0.2, 0.25) is 5.95 Å². The molecule has 2 fully saturated rings. The van der Waals surface area contributed by atoms with E-state index in [9.17, 15) is 4.79 Å².